The summed E-state index contributed by atoms with van der Waals surface area (Å²) in [6, 6.07) is 10.3. The Kier molecular flexibility index (Phi) is 3.82. The van der Waals surface area contributed by atoms with Crippen LogP contribution in [0.25, 0.3) is 0 Å². The van der Waals surface area contributed by atoms with Gasteiger partial charge in [-0.2, -0.15) is 0 Å². The zero-order valence-corrected chi connectivity index (χ0v) is 10.4. The number of carbonyl (C=O) groups excluding carboxylic acids is 1. The van der Waals surface area contributed by atoms with E-state index in [-0.39, 0.29) is 11.6 Å². The van der Waals surface area contributed by atoms with E-state index in [9.17, 15) is 4.79 Å². The minimum atomic E-state index is -0.245. The van der Waals surface area contributed by atoms with Crippen LogP contribution in [0.1, 0.15) is 44.6 Å². The monoisotopic (exact) mass is 232 g/mol. The topological polar surface area (TPSA) is 26.3 Å². The second-order valence-electron chi connectivity index (χ2n) is 5.00. The van der Waals surface area contributed by atoms with Crippen molar-refractivity contribution < 1.29 is 9.53 Å². The van der Waals surface area contributed by atoms with Crippen LogP contribution in [0.5, 0.6) is 0 Å². The lowest BCUT2D eigenvalue weighted by Crippen LogP contribution is -2.38. The normalized spacial score (nSPS) is 18.6. The summed E-state index contributed by atoms with van der Waals surface area (Å²) < 4.78 is 5.64. The Bertz CT molecular complexity index is 364. The highest BCUT2D eigenvalue weighted by atomic mass is 16.6. The van der Waals surface area contributed by atoms with Crippen molar-refractivity contribution in [1.82, 2.24) is 0 Å². The highest BCUT2D eigenvalue weighted by Gasteiger charge is 2.35. The molecule has 0 unspecified atom stereocenters. The first-order valence-corrected chi connectivity index (χ1v) is 6.44. The molecule has 0 saturated heterocycles. The summed E-state index contributed by atoms with van der Waals surface area (Å²) in [5.74, 6) is -0.150. The first-order valence-electron chi connectivity index (χ1n) is 6.44. The van der Waals surface area contributed by atoms with Crippen LogP contribution in [0.4, 0.5) is 0 Å². The van der Waals surface area contributed by atoms with Crippen LogP contribution in [-0.2, 0) is 16.0 Å². The van der Waals surface area contributed by atoms with E-state index in [0.29, 0.717) is 0 Å². The molecule has 0 spiro atoms. The van der Waals surface area contributed by atoms with E-state index in [1.165, 1.54) is 31.7 Å². The van der Waals surface area contributed by atoms with Crippen molar-refractivity contribution in [3.8, 4) is 0 Å². The molecule has 0 N–H and O–H groups in total. The largest absolute Gasteiger partial charge is 0.459 e. The van der Waals surface area contributed by atoms with Crippen LogP contribution in [0.15, 0.2) is 30.3 Å². The van der Waals surface area contributed by atoms with Gasteiger partial charge in [0.2, 0.25) is 0 Å². The maximum atomic E-state index is 11.3. The lowest BCUT2D eigenvalue weighted by molar-refractivity contribution is -0.160. The van der Waals surface area contributed by atoms with Crippen LogP contribution < -0.4 is 0 Å². The number of ether oxygens (including phenoxy) is 1. The average Bonchev–Trinajstić information content (AvgIpc) is 2.30. The lowest BCUT2D eigenvalue weighted by atomic mass is 9.80. The molecule has 1 fully saturated rings. The molecule has 2 heteroatoms. The maximum Gasteiger partial charge on any atom is 0.303 e. The molecule has 0 aromatic heterocycles. The Morgan fingerprint density at radius 1 is 1.18 bits per heavy atom. The number of hydrogen-bond donors (Lipinski definition) is 0. The molecule has 2 nitrogen and oxygen atoms in total. The van der Waals surface area contributed by atoms with Crippen molar-refractivity contribution in [2.24, 2.45) is 0 Å². The molecule has 0 aliphatic heterocycles. The van der Waals surface area contributed by atoms with E-state index >= 15 is 0 Å². The van der Waals surface area contributed by atoms with Gasteiger partial charge in [-0.1, -0.05) is 36.8 Å². The van der Waals surface area contributed by atoms with E-state index in [4.69, 9.17) is 4.74 Å². The Morgan fingerprint density at radius 3 is 2.41 bits per heavy atom. The first-order chi connectivity index (χ1) is 8.20. The molecule has 92 valence electrons. The standard InChI is InChI=1S/C15H20O2/c1-13(16)17-15(10-6-3-7-11-15)12-14-8-4-2-5-9-14/h2,4-5,8-9H,3,6-7,10-12H2,1H3. The summed E-state index contributed by atoms with van der Waals surface area (Å²) in [4.78, 5) is 11.3. The van der Waals surface area contributed by atoms with E-state index in [2.05, 4.69) is 12.1 Å². The van der Waals surface area contributed by atoms with Gasteiger partial charge in [-0.25, -0.2) is 0 Å². The summed E-state index contributed by atoms with van der Waals surface area (Å²) in [5.41, 5.74) is 1.02. The molecular weight excluding hydrogens is 212 g/mol. The zero-order chi connectivity index (χ0) is 12.1. The summed E-state index contributed by atoms with van der Waals surface area (Å²) in [6.07, 6.45) is 6.45. The molecule has 1 aromatic carbocycles. The van der Waals surface area contributed by atoms with Crippen molar-refractivity contribution >= 4 is 5.97 Å². The minimum Gasteiger partial charge on any atom is -0.459 e. The summed E-state index contributed by atoms with van der Waals surface area (Å²) in [7, 11) is 0. The summed E-state index contributed by atoms with van der Waals surface area (Å²) >= 11 is 0. The van der Waals surface area contributed by atoms with Crippen molar-refractivity contribution in [2.75, 3.05) is 0 Å². The number of rotatable bonds is 3. The lowest BCUT2D eigenvalue weighted by Gasteiger charge is -2.36. The Morgan fingerprint density at radius 2 is 1.82 bits per heavy atom. The molecule has 1 saturated carbocycles. The molecule has 0 bridgehead atoms. The molecule has 0 radical (unpaired) electrons. The molecule has 0 heterocycles. The molecule has 1 aromatic rings. The van der Waals surface area contributed by atoms with E-state index < -0.39 is 0 Å². The summed E-state index contributed by atoms with van der Waals surface area (Å²) in [6.45, 7) is 1.52. The third kappa shape index (κ3) is 3.32. The Labute approximate surface area is 103 Å². The molecule has 1 aliphatic rings. The fourth-order valence-corrected chi connectivity index (χ4v) is 2.78. The third-order valence-corrected chi connectivity index (χ3v) is 3.49. The van der Waals surface area contributed by atoms with Gasteiger partial charge in [-0.3, -0.25) is 4.79 Å². The van der Waals surface area contributed by atoms with Gasteiger partial charge in [-0.15, -0.1) is 0 Å². The maximum absolute atomic E-state index is 11.3. The van der Waals surface area contributed by atoms with Gasteiger partial charge in [0.15, 0.2) is 0 Å². The number of esters is 1. The van der Waals surface area contributed by atoms with Crippen molar-refractivity contribution in [3.05, 3.63) is 35.9 Å². The van der Waals surface area contributed by atoms with Crippen molar-refractivity contribution in [1.29, 1.82) is 0 Å². The van der Waals surface area contributed by atoms with Crippen LogP contribution in [0.2, 0.25) is 0 Å². The van der Waals surface area contributed by atoms with Crippen LogP contribution in [0.3, 0.4) is 0 Å². The highest BCUT2D eigenvalue weighted by molar-refractivity contribution is 5.66. The fraction of sp³-hybridized carbons (Fsp3) is 0.533. The highest BCUT2D eigenvalue weighted by Crippen LogP contribution is 2.34. The Balaban J connectivity index is 2.12. The van der Waals surface area contributed by atoms with Gasteiger partial charge in [0.1, 0.15) is 5.60 Å². The molecule has 0 atom stereocenters. The van der Waals surface area contributed by atoms with Gasteiger partial charge >= 0.3 is 5.97 Å². The van der Waals surface area contributed by atoms with Gasteiger partial charge in [-0.05, 0) is 31.2 Å². The van der Waals surface area contributed by atoms with Gasteiger partial charge < -0.3 is 4.74 Å². The van der Waals surface area contributed by atoms with Gasteiger partial charge in [0.05, 0.1) is 0 Å². The van der Waals surface area contributed by atoms with E-state index in [1.807, 2.05) is 18.2 Å². The first kappa shape index (κ1) is 12.2. The molecular formula is C15H20O2. The van der Waals surface area contributed by atoms with E-state index in [0.717, 1.165) is 19.3 Å². The predicted octanol–water partition coefficient (Wildman–Crippen LogP) is 3.50. The van der Waals surface area contributed by atoms with Crippen LogP contribution in [0, 0.1) is 0 Å². The third-order valence-electron chi connectivity index (χ3n) is 3.49. The quantitative estimate of drug-likeness (QED) is 0.746. The molecule has 1 aliphatic carbocycles. The van der Waals surface area contributed by atoms with Gasteiger partial charge in [0.25, 0.3) is 0 Å². The second kappa shape index (κ2) is 5.35. The van der Waals surface area contributed by atoms with Crippen molar-refractivity contribution in [2.45, 2.75) is 51.0 Å². The molecule has 0 amide bonds. The number of carbonyl (C=O) groups is 1. The SMILES string of the molecule is CC(=O)OC1(Cc2ccccc2)CCCCC1. The van der Waals surface area contributed by atoms with Crippen LogP contribution >= 0.6 is 0 Å². The zero-order valence-electron chi connectivity index (χ0n) is 10.4. The van der Waals surface area contributed by atoms with E-state index in [1.54, 1.807) is 0 Å². The second-order valence-corrected chi connectivity index (χ2v) is 5.00. The summed E-state index contributed by atoms with van der Waals surface area (Å²) in [5, 5.41) is 0. The Hall–Kier alpha value is -1.31. The predicted molar refractivity (Wildman–Crippen MR) is 67.7 cm³/mol. The smallest absolute Gasteiger partial charge is 0.303 e. The fourth-order valence-electron chi connectivity index (χ4n) is 2.78. The number of hydrogen-bond acceptors (Lipinski definition) is 2. The minimum absolute atomic E-state index is 0.150. The van der Waals surface area contributed by atoms with Crippen molar-refractivity contribution in [3.63, 3.8) is 0 Å². The van der Waals surface area contributed by atoms with Crippen LogP contribution in [-0.4, -0.2) is 11.6 Å². The molecule has 2 rings (SSSR count). The molecule has 17 heavy (non-hydrogen) atoms. The average molecular weight is 232 g/mol. The number of benzene rings is 1. The van der Waals surface area contributed by atoms with Gasteiger partial charge in [0, 0.05) is 13.3 Å².